The average Bonchev–Trinajstić information content (AvgIpc) is 3.11. The number of pyridine rings is 1. The Morgan fingerprint density at radius 1 is 1.21 bits per heavy atom. The number of hydrogen-bond acceptors (Lipinski definition) is 5. The van der Waals surface area contributed by atoms with E-state index in [2.05, 4.69) is 31.7 Å². The predicted octanol–water partition coefficient (Wildman–Crippen LogP) is 4.05. The molecule has 2 aromatic heterocycles. The van der Waals surface area contributed by atoms with Crippen molar-refractivity contribution in [1.82, 2.24) is 14.8 Å². The van der Waals surface area contributed by atoms with Gasteiger partial charge in [0.2, 0.25) is 0 Å². The summed E-state index contributed by atoms with van der Waals surface area (Å²) in [5.74, 6) is 2.01. The second kappa shape index (κ2) is 9.61. The summed E-state index contributed by atoms with van der Waals surface area (Å²) in [6, 6.07) is 14.6. The Morgan fingerprint density at radius 3 is 2.62 bits per heavy atom. The number of aryl methyl sites for hydroxylation is 1. The third-order valence-corrected chi connectivity index (χ3v) is 6.54. The standard InChI is InChI=1S/C21H26AsN5O2/c1-22(2)11-13-26(3)19-14-16(21(28)23-18-10-12-27(4)25-18)15-20(24-19)29-17-8-6-5-7-9-17/h5-10,12,14-15H,11,13H2,1-4H3,(H,23,25,28). The molecule has 2 heterocycles. The maximum atomic E-state index is 12.8. The predicted molar refractivity (Wildman–Crippen MR) is 117 cm³/mol. The Hall–Kier alpha value is -2.79. The molecule has 0 radical (unpaired) electrons. The van der Waals surface area contributed by atoms with E-state index in [0.717, 1.165) is 6.54 Å². The van der Waals surface area contributed by atoms with Crippen LogP contribution in [-0.4, -0.2) is 48.9 Å². The van der Waals surface area contributed by atoms with E-state index in [0.29, 0.717) is 28.8 Å². The molecule has 0 spiro atoms. The molecule has 0 bridgehead atoms. The summed E-state index contributed by atoms with van der Waals surface area (Å²) in [7, 11) is 3.80. The number of nitrogens with zero attached hydrogens (tertiary/aromatic N) is 4. The molecule has 0 fully saturated rings. The molecule has 7 nitrogen and oxygen atoms in total. The van der Waals surface area contributed by atoms with E-state index in [-0.39, 0.29) is 5.91 Å². The Bertz CT molecular complexity index is 959. The molecular formula is C21H26AsN5O2. The molecule has 152 valence electrons. The van der Waals surface area contributed by atoms with Crippen LogP contribution < -0.4 is 15.0 Å². The van der Waals surface area contributed by atoms with Crippen LogP contribution in [0, 0.1) is 0 Å². The topological polar surface area (TPSA) is 72.3 Å². The Kier molecular flexibility index (Phi) is 6.94. The first-order valence-electron chi connectivity index (χ1n) is 9.32. The summed E-state index contributed by atoms with van der Waals surface area (Å²) >= 11 is -0.749. The molecule has 1 amide bonds. The Morgan fingerprint density at radius 2 is 1.97 bits per heavy atom. The van der Waals surface area contributed by atoms with Gasteiger partial charge in [-0.3, -0.25) is 0 Å². The van der Waals surface area contributed by atoms with Gasteiger partial charge in [0, 0.05) is 0 Å². The maximum absolute atomic E-state index is 12.8. The fraction of sp³-hybridized carbons (Fsp3) is 0.286. The van der Waals surface area contributed by atoms with Gasteiger partial charge in [-0.25, -0.2) is 0 Å². The number of carbonyl (C=O) groups is 1. The van der Waals surface area contributed by atoms with E-state index < -0.39 is 14.7 Å². The monoisotopic (exact) mass is 455 g/mol. The van der Waals surface area contributed by atoms with Gasteiger partial charge in [-0.2, -0.15) is 0 Å². The summed E-state index contributed by atoms with van der Waals surface area (Å²) in [4.78, 5) is 19.5. The SMILES string of the molecule is CN(CC[As](C)C)c1cc(C(=O)Nc2ccn(C)n2)cc(Oc2ccccc2)n1. The van der Waals surface area contributed by atoms with Crippen molar-refractivity contribution in [1.29, 1.82) is 0 Å². The molecule has 1 aromatic carbocycles. The molecule has 0 aliphatic carbocycles. The zero-order chi connectivity index (χ0) is 20.8. The van der Waals surface area contributed by atoms with Gasteiger partial charge < -0.3 is 0 Å². The quantitative estimate of drug-likeness (QED) is 0.519. The van der Waals surface area contributed by atoms with Crippen molar-refractivity contribution in [3.63, 3.8) is 0 Å². The second-order valence-corrected chi connectivity index (χ2v) is 12.5. The molecule has 0 saturated carbocycles. The van der Waals surface area contributed by atoms with Crippen LogP contribution in [0.3, 0.4) is 0 Å². The molecular weight excluding hydrogens is 429 g/mol. The molecule has 8 heteroatoms. The van der Waals surface area contributed by atoms with E-state index in [1.54, 1.807) is 36.1 Å². The summed E-state index contributed by atoms with van der Waals surface area (Å²) in [6.07, 6.45) is 1.78. The van der Waals surface area contributed by atoms with Gasteiger partial charge in [-0.05, 0) is 0 Å². The zero-order valence-corrected chi connectivity index (χ0v) is 19.0. The Balaban J connectivity index is 1.87. The number of aromatic nitrogens is 3. The van der Waals surface area contributed by atoms with Crippen molar-refractivity contribution in [2.75, 3.05) is 23.8 Å². The van der Waals surface area contributed by atoms with Crippen LogP contribution in [-0.2, 0) is 7.05 Å². The fourth-order valence-electron chi connectivity index (χ4n) is 2.61. The summed E-state index contributed by atoms with van der Waals surface area (Å²) in [5, 5.41) is 8.20. The molecule has 0 aliphatic heterocycles. The average molecular weight is 455 g/mol. The van der Waals surface area contributed by atoms with Gasteiger partial charge >= 0.3 is 176 Å². The van der Waals surface area contributed by atoms with Crippen molar-refractivity contribution in [3.05, 3.63) is 60.3 Å². The van der Waals surface area contributed by atoms with Gasteiger partial charge in [-0.1, -0.05) is 0 Å². The molecule has 0 unspecified atom stereocenters. The van der Waals surface area contributed by atoms with Crippen LogP contribution in [0.5, 0.6) is 11.6 Å². The van der Waals surface area contributed by atoms with Crippen molar-refractivity contribution in [2.24, 2.45) is 7.05 Å². The summed E-state index contributed by atoms with van der Waals surface area (Å²) < 4.78 is 7.55. The van der Waals surface area contributed by atoms with Gasteiger partial charge in [0.25, 0.3) is 0 Å². The van der Waals surface area contributed by atoms with Crippen LogP contribution in [0.25, 0.3) is 0 Å². The third kappa shape index (κ3) is 6.09. The molecule has 29 heavy (non-hydrogen) atoms. The van der Waals surface area contributed by atoms with Gasteiger partial charge in [-0.15, -0.1) is 0 Å². The van der Waals surface area contributed by atoms with Crippen molar-refractivity contribution >= 4 is 32.2 Å². The summed E-state index contributed by atoms with van der Waals surface area (Å²) in [6.45, 7) is 0.899. The van der Waals surface area contributed by atoms with Crippen molar-refractivity contribution in [2.45, 2.75) is 16.6 Å². The number of rotatable bonds is 8. The molecule has 3 rings (SSSR count). The van der Waals surface area contributed by atoms with E-state index in [1.807, 2.05) is 37.4 Å². The number of para-hydroxylation sites is 1. The third-order valence-electron chi connectivity index (χ3n) is 4.25. The van der Waals surface area contributed by atoms with Crippen molar-refractivity contribution < 1.29 is 9.53 Å². The number of benzene rings is 1. The molecule has 0 atom stereocenters. The first-order chi connectivity index (χ1) is 13.9. The number of hydrogen-bond donors (Lipinski definition) is 1. The van der Waals surface area contributed by atoms with Crippen LogP contribution in [0.2, 0.25) is 16.6 Å². The van der Waals surface area contributed by atoms with E-state index in [9.17, 15) is 4.79 Å². The number of nitrogens with one attached hydrogen (secondary N) is 1. The van der Waals surface area contributed by atoms with E-state index >= 15 is 0 Å². The van der Waals surface area contributed by atoms with Crippen LogP contribution >= 0.6 is 0 Å². The molecule has 3 aromatic rings. The number of anilines is 2. The minimum absolute atomic E-state index is 0.252. The van der Waals surface area contributed by atoms with Crippen LogP contribution in [0.15, 0.2) is 54.7 Å². The normalized spacial score (nSPS) is 10.8. The fourth-order valence-corrected chi connectivity index (χ4v) is 4.08. The van der Waals surface area contributed by atoms with E-state index in [4.69, 9.17) is 4.74 Å². The number of ether oxygens (including phenoxy) is 1. The molecule has 0 aliphatic rings. The summed E-state index contributed by atoms with van der Waals surface area (Å²) in [5.41, 5.74) is 5.13. The zero-order valence-electron chi connectivity index (χ0n) is 17.2. The molecule has 0 saturated heterocycles. The van der Waals surface area contributed by atoms with E-state index in [1.165, 1.54) is 5.21 Å². The van der Waals surface area contributed by atoms with Gasteiger partial charge in [0.05, 0.1) is 0 Å². The first-order valence-corrected chi connectivity index (χ1v) is 14.4. The number of amides is 1. The molecule has 1 N–H and O–H groups in total. The van der Waals surface area contributed by atoms with Gasteiger partial charge in [0.1, 0.15) is 0 Å². The second-order valence-electron chi connectivity index (χ2n) is 7.02. The number of carbonyl (C=O) groups excluding carboxylic acids is 1. The first kappa shape index (κ1) is 20.9. The van der Waals surface area contributed by atoms with Crippen LogP contribution in [0.1, 0.15) is 10.4 Å². The van der Waals surface area contributed by atoms with Crippen molar-refractivity contribution in [3.8, 4) is 11.6 Å². The minimum atomic E-state index is -0.749. The van der Waals surface area contributed by atoms with Crippen LogP contribution in [0.4, 0.5) is 11.6 Å². The van der Waals surface area contributed by atoms with Gasteiger partial charge in [0.15, 0.2) is 0 Å². The Labute approximate surface area is 176 Å².